The molecule has 1 atom stereocenters. The molecule has 0 saturated carbocycles. The van der Waals surface area contributed by atoms with Crippen LogP contribution >= 0.6 is 11.3 Å². The molecule has 0 radical (unpaired) electrons. The van der Waals surface area contributed by atoms with Gasteiger partial charge in [-0.3, -0.25) is 4.79 Å². The van der Waals surface area contributed by atoms with Gasteiger partial charge in [-0.25, -0.2) is 4.98 Å². The quantitative estimate of drug-likeness (QED) is 0.818. The van der Waals surface area contributed by atoms with Crippen LogP contribution in [0.25, 0.3) is 0 Å². The van der Waals surface area contributed by atoms with Gasteiger partial charge in [-0.15, -0.1) is 17.8 Å². The summed E-state index contributed by atoms with van der Waals surface area (Å²) in [6.07, 6.45) is 5.68. The molecular formula is C19H21N3O3S. The Balaban J connectivity index is 2.13. The van der Waals surface area contributed by atoms with Gasteiger partial charge >= 0.3 is 0 Å². The van der Waals surface area contributed by atoms with Crippen LogP contribution in [-0.2, 0) is 11.3 Å². The molecule has 1 aliphatic heterocycles. The van der Waals surface area contributed by atoms with Gasteiger partial charge in [-0.1, -0.05) is 18.1 Å². The molecule has 7 heteroatoms. The molecule has 6 nitrogen and oxygen atoms in total. The zero-order valence-electron chi connectivity index (χ0n) is 15.0. The van der Waals surface area contributed by atoms with Crippen LogP contribution in [0.3, 0.4) is 0 Å². The number of ether oxygens (including phenoxy) is 2. The molecule has 3 rings (SSSR count). The van der Waals surface area contributed by atoms with E-state index >= 15 is 0 Å². The summed E-state index contributed by atoms with van der Waals surface area (Å²) >= 11 is 1.59. The molecule has 0 saturated heterocycles. The van der Waals surface area contributed by atoms with E-state index in [0.29, 0.717) is 24.5 Å². The number of carbonyl (C=O) groups excluding carboxylic acids is 1. The number of carbonyl (C=O) groups is 1. The Morgan fingerprint density at radius 3 is 2.96 bits per heavy atom. The lowest BCUT2D eigenvalue weighted by Crippen LogP contribution is -2.21. The first-order chi connectivity index (χ1) is 12.5. The van der Waals surface area contributed by atoms with E-state index in [1.54, 1.807) is 18.4 Å². The van der Waals surface area contributed by atoms with E-state index in [-0.39, 0.29) is 18.4 Å². The Morgan fingerprint density at radius 1 is 1.46 bits per heavy atom. The summed E-state index contributed by atoms with van der Waals surface area (Å²) < 4.78 is 11.2. The Morgan fingerprint density at radius 2 is 2.27 bits per heavy atom. The van der Waals surface area contributed by atoms with Crippen molar-refractivity contribution in [3.05, 3.63) is 34.3 Å². The normalized spacial score (nSPS) is 16.1. The molecular weight excluding hydrogens is 350 g/mol. The predicted molar refractivity (Wildman–Crippen MR) is 102 cm³/mol. The fourth-order valence-corrected chi connectivity index (χ4v) is 4.08. The van der Waals surface area contributed by atoms with Crippen LogP contribution in [0.15, 0.2) is 18.2 Å². The molecule has 1 aromatic heterocycles. The van der Waals surface area contributed by atoms with Gasteiger partial charge in [0.25, 0.3) is 0 Å². The van der Waals surface area contributed by atoms with Gasteiger partial charge < -0.3 is 19.7 Å². The van der Waals surface area contributed by atoms with Crippen molar-refractivity contribution in [2.24, 2.45) is 0 Å². The molecule has 0 spiro atoms. The molecule has 0 fully saturated rings. The van der Waals surface area contributed by atoms with Gasteiger partial charge in [0, 0.05) is 36.9 Å². The molecule has 0 bridgehead atoms. The number of nitrogens with zero attached hydrogens (tertiary/aromatic N) is 2. The molecule has 136 valence electrons. The number of terminal acetylenes is 1. The lowest BCUT2D eigenvalue weighted by atomic mass is 9.92. The molecule has 1 aromatic carbocycles. The van der Waals surface area contributed by atoms with E-state index in [4.69, 9.17) is 15.9 Å². The SMILES string of the molecule is C#CCOc1c(OC)cccc1[C@H]1CC(=O)NCc2nc(N(C)C)sc21. The third-order valence-corrected chi connectivity index (χ3v) is 5.54. The zero-order chi connectivity index (χ0) is 18.7. The number of fused-ring (bicyclic) bond motifs is 1. The highest BCUT2D eigenvalue weighted by Crippen LogP contribution is 2.44. The van der Waals surface area contributed by atoms with E-state index in [2.05, 4.69) is 16.2 Å². The maximum absolute atomic E-state index is 12.3. The molecule has 1 aliphatic rings. The summed E-state index contributed by atoms with van der Waals surface area (Å²) in [5.74, 6) is 3.48. The van der Waals surface area contributed by atoms with Crippen LogP contribution in [0.5, 0.6) is 11.5 Å². The first-order valence-corrected chi connectivity index (χ1v) is 9.03. The predicted octanol–water partition coefficient (Wildman–Crippen LogP) is 2.38. The number of amides is 1. The highest BCUT2D eigenvalue weighted by molar-refractivity contribution is 7.15. The van der Waals surface area contributed by atoms with Crippen LogP contribution in [-0.4, -0.2) is 38.7 Å². The summed E-state index contributed by atoms with van der Waals surface area (Å²) in [4.78, 5) is 20.0. The van der Waals surface area contributed by atoms with Crippen LogP contribution in [0, 0.1) is 12.3 Å². The van der Waals surface area contributed by atoms with Crippen LogP contribution in [0.4, 0.5) is 5.13 Å². The summed E-state index contributed by atoms with van der Waals surface area (Å²) in [7, 11) is 5.50. The topological polar surface area (TPSA) is 63.7 Å². The molecule has 0 aliphatic carbocycles. The zero-order valence-corrected chi connectivity index (χ0v) is 15.9. The van der Waals surface area contributed by atoms with Crippen molar-refractivity contribution in [3.8, 4) is 23.8 Å². The average Bonchev–Trinajstić information content (AvgIpc) is 3.00. The molecule has 0 unspecified atom stereocenters. The molecule has 2 heterocycles. The minimum Gasteiger partial charge on any atom is -0.493 e. The van der Waals surface area contributed by atoms with Gasteiger partial charge in [-0.05, 0) is 6.07 Å². The van der Waals surface area contributed by atoms with Gasteiger partial charge in [0.1, 0.15) is 6.61 Å². The van der Waals surface area contributed by atoms with Gasteiger partial charge in [0.05, 0.1) is 19.3 Å². The average molecular weight is 371 g/mol. The number of methoxy groups -OCH3 is 1. The van der Waals surface area contributed by atoms with Crippen LogP contribution < -0.4 is 19.7 Å². The second kappa shape index (κ2) is 7.67. The van der Waals surface area contributed by atoms with E-state index < -0.39 is 0 Å². The number of para-hydroxylation sites is 1. The maximum Gasteiger partial charge on any atom is 0.221 e. The molecule has 26 heavy (non-hydrogen) atoms. The first kappa shape index (κ1) is 18.1. The number of thiazole rings is 1. The van der Waals surface area contributed by atoms with Crippen molar-refractivity contribution in [2.75, 3.05) is 32.7 Å². The molecule has 1 amide bonds. The minimum atomic E-state index is -0.165. The summed E-state index contributed by atoms with van der Waals surface area (Å²) in [5.41, 5.74) is 1.77. The van der Waals surface area contributed by atoms with Crippen molar-refractivity contribution < 1.29 is 14.3 Å². The largest absolute Gasteiger partial charge is 0.493 e. The fourth-order valence-electron chi connectivity index (χ4n) is 2.96. The van der Waals surface area contributed by atoms with Gasteiger partial charge in [0.2, 0.25) is 5.91 Å². The number of anilines is 1. The number of hydrogen-bond donors (Lipinski definition) is 1. The van der Waals surface area contributed by atoms with Gasteiger partial charge in [0.15, 0.2) is 16.6 Å². The smallest absolute Gasteiger partial charge is 0.221 e. The van der Waals surface area contributed by atoms with E-state index in [9.17, 15) is 4.79 Å². The van der Waals surface area contributed by atoms with Gasteiger partial charge in [-0.2, -0.15) is 0 Å². The highest BCUT2D eigenvalue weighted by Gasteiger charge is 2.31. The van der Waals surface area contributed by atoms with Crippen molar-refractivity contribution >= 4 is 22.4 Å². The Bertz CT molecular complexity index is 854. The monoisotopic (exact) mass is 371 g/mol. The maximum atomic E-state index is 12.3. The minimum absolute atomic E-state index is 0.0164. The second-order valence-corrected chi connectivity index (χ2v) is 7.12. The summed E-state index contributed by atoms with van der Waals surface area (Å²) in [6.45, 7) is 0.560. The first-order valence-electron chi connectivity index (χ1n) is 8.22. The summed E-state index contributed by atoms with van der Waals surface area (Å²) in [6, 6.07) is 5.68. The van der Waals surface area contributed by atoms with Crippen LogP contribution in [0.1, 0.15) is 28.5 Å². The van der Waals surface area contributed by atoms with Crippen molar-refractivity contribution in [2.45, 2.75) is 18.9 Å². The molecule has 1 N–H and O–H groups in total. The lowest BCUT2D eigenvalue weighted by Gasteiger charge is -2.19. The summed E-state index contributed by atoms with van der Waals surface area (Å²) in [5, 5.41) is 3.83. The number of nitrogens with one attached hydrogen (secondary N) is 1. The lowest BCUT2D eigenvalue weighted by molar-refractivity contribution is -0.121. The number of hydrogen-bond acceptors (Lipinski definition) is 6. The standard InChI is InChI=1S/C19H21N3O3S/c1-5-9-25-17-12(7-6-8-15(17)24-4)13-10-16(23)20-11-14-18(13)26-19(21-14)22(2)3/h1,6-8,13H,9-11H2,2-4H3,(H,20,23)/t13-/m1/s1. The number of rotatable bonds is 5. The Labute approximate surface area is 157 Å². The number of benzene rings is 1. The second-order valence-electron chi connectivity index (χ2n) is 6.11. The molecule has 2 aromatic rings. The fraction of sp³-hybridized carbons (Fsp3) is 0.368. The van der Waals surface area contributed by atoms with Crippen LogP contribution in [0.2, 0.25) is 0 Å². The van der Waals surface area contributed by atoms with E-state index in [1.165, 1.54) is 0 Å². The van der Waals surface area contributed by atoms with E-state index in [0.717, 1.165) is 21.3 Å². The third kappa shape index (κ3) is 3.46. The van der Waals surface area contributed by atoms with Crippen molar-refractivity contribution in [1.82, 2.24) is 10.3 Å². The Kier molecular flexibility index (Phi) is 5.33. The third-order valence-electron chi connectivity index (χ3n) is 4.16. The number of aromatic nitrogens is 1. The van der Waals surface area contributed by atoms with Crippen molar-refractivity contribution in [3.63, 3.8) is 0 Å². The van der Waals surface area contributed by atoms with E-state index in [1.807, 2.05) is 37.2 Å². The Hall–Kier alpha value is -2.72. The van der Waals surface area contributed by atoms with Crippen molar-refractivity contribution in [1.29, 1.82) is 0 Å². The highest BCUT2D eigenvalue weighted by atomic mass is 32.1.